The third kappa shape index (κ3) is 5.17. The second kappa shape index (κ2) is 8.20. The molecule has 0 aromatic carbocycles. The van der Waals surface area contributed by atoms with E-state index in [1.54, 1.807) is 6.07 Å². The molecule has 0 amide bonds. The molecule has 1 fully saturated rings. The van der Waals surface area contributed by atoms with Gasteiger partial charge >= 0.3 is 5.97 Å². The van der Waals surface area contributed by atoms with E-state index in [2.05, 4.69) is 21.9 Å². The molecule has 1 saturated heterocycles. The molecule has 1 aromatic heterocycles. The molecule has 0 radical (unpaired) electrons. The third-order valence-electron chi connectivity index (χ3n) is 4.08. The molecular weight excluding hydrogens is 268 g/mol. The predicted octanol–water partition coefficient (Wildman–Crippen LogP) is 2.28. The Balaban J connectivity index is 1.57. The Morgan fingerprint density at radius 1 is 1.48 bits per heavy atom. The molecule has 1 aliphatic heterocycles. The van der Waals surface area contributed by atoms with E-state index in [9.17, 15) is 4.79 Å². The van der Waals surface area contributed by atoms with Gasteiger partial charge < -0.3 is 19.4 Å². The normalized spacial score (nSPS) is 17.0. The molecule has 0 bridgehead atoms. The molecule has 5 heteroatoms. The topological polar surface area (TPSA) is 54.7 Å². The van der Waals surface area contributed by atoms with Gasteiger partial charge in [0.25, 0.3) is 0 Å². The third-order valence-corrected chi connectivity index (χ3v) is 4.08. The van der Waals surface area contributed by atoms with Gasteiger partial charge in [-0.3, -0.25) is 0 Å². The zero-order chi connectivity index (χ0) is 15.1. The first kappa shape index (κ1) is 16.0. The van der Waals surface area contributed by atoms with Crippen LogP contribution in [0, 0.1) is 5.92 Å². The minimum absolute atomic E-state index is 0.357. The summed E-state index contributed by atoms with van der Waals surface area (Å²) in [6.45, 7) is 7.58. The summed E-state index contributed by atoms with van der Waals surface area (Å²) >= 11 is 0. The SMILES string of the molecule is COC(=O)c1coc(CNCCCN2CCC(C)CC2)c1. The van der Waals surface area contributed by atoms with Crippen LogP contribution in [0.2, 0.25) is 0 Å². The summed E-state index contributed by atoms with van der Waals surface area (Å²) in [7, 11) is 1.37. The maximum atomic E-state index is 11.3. The highest BCUT2D eigenvalue weighted by Gasteiger charge is 2.14. The lowest BCUT2D eigenvalue weighted by molar-refractivity contribution is 0.0600. The van der Waals surface area contributed by atoms with Gasteiger partial charge in [0.05, 0.1) is 19.2 Å². The van der Waals surface area contributed by atoms with Crippen LogP contribution in [0.25, 0.3) is 0 Å². The number of nitrogens with zero attached hydrogens (tertiary/aromatic N) is 1. The van der Waals surface area contributed by atoms with E-state index in [-0.39, 0.29) is 5.97 Å². The molecule has 2 rings (SSSR count). The van der Waals surface area contributed by atoms with Crippen molar-refractivity contribution in [2.45, 2.75) is 32.7 Å². The van der Waals surface area contributed by atoms with Crippen LogP contribution in [0.4, 0.5) is 0 Å². The monoisotopic (exact) mass is 294 g/mol. The Hall–Kier alpha value is -1.33. The molecule has 0 atom stereocenters. The number of nitrogens with one attached hydrogen (secondary N) is 1. The van der Waals surface area contributed by atoms with Crippen molar-refractivity contribution >= 4 is 5.97 Å². The summed E-state index contributed by atoms with van der Waals surface area (Å²) in [5.74, 6) is 1.30. The quantitative estimate of drug-likeness (QED) is 0.617. The standard InChI is InChI=1S/C16H26N2O3/c1-13-4-8-18(9-5-13)7-3-6-17-11-15-10-14(12-21-15)16(19)20-2/h10,12-13,17H,3-9,11H2,1-2H3. The fraction of sp³-hybridized carbons (Fsp3) is 0.688. The van der Waals surface area contributed by atoms with Crippen molar-refractivity contribution in [1.82, 2.24) is 10.2 Å². The highest BCUT2D eigenvalue weighted by molar-refractivity contribution is 5.88. The van der Waals surface area contributed by atoms with Crippen molar-refractivity contribution in [2.24, 2.45) is 5.92 Å². The highest BCUT2D eigenvalue weighted by atomic mass is 16.5. The lowest BCUT2D eigenvalue weighted by atomic mass is 9.99. The van der Waals surface area contributed by atoms with Crippen LogP contribution in [-0.2, 0) is 11.3 Å². The molecule has 1 N–H and O–H groups in total. The summed E-state index contributed by atoms with van der Waals surface area (Å²) in [5.41, 5.74) is 0.469. The number of hydrogen-bond donors (Lipinski definition) is 1. The first-order chi connectivity index (χ1) is 10.2. The Kier molecular flexibility index (Phi) is 6.26. The van der Waals surface area contributed by atoms with Crippen LogP contribution < -0.4 is 5.32 Å². The molecular formula is C16H26N2O3. The maximum Gasteiger partial charge on any atom is 0.341 e. The second-order valence-electron chi connectivity index (χ2n) is 5.85. The van der Waals surface area contributed by atoms with Crippen molar-refractivity contribution in [2.75, 3.05) is 33.3 Å². The number of furan rings is 1. The van der Waals surface area contributed by atoms with E-state index >= 15 is 0 Å². The molecule has 5 nitrogen and oxygen atoms in total. The number of hydrogen-bond acceptors (Lipinski definition) is 5. The average molecular weight is 294 g/mol. The van der Waals surface area contributed by atoms with Crippen LogP contribution in [0.15, 0.2) is 16.7 Å². The summed E-state index contributed by atoms with van der Waals surface area (Å²) in [6.07, 6.45) is 5.24. The maximum absolute atomic E-state index is 11.3. The lowest BCUT2D eigenvalue weighted by Gasteiger charge is -2.30. The van der Waals surface area contributed by atoms with Crippen LogP contribution in [0.3, 0.4) is 0 Å². The highest BCUT2D eigenvalue weighted by Crippen LogP contribution is 2.15. The van der Waals surface area contributed by atoms with E-state index in [1.165, 1.54) is 39.3 Å². The van der Waals surface area contributed by atoms with Gasteiger partial charge in [0, 0.05) is 0 Å². The summed E-state index contributed by atoms with van der Waals surface area (Å²) < 4.78 is 9.96. The molecule has 1 aliphatic rings. The minimum atomic E-state index is -0.357. The number of ether oxygens (including phenoxy) is 1. The van der Waals surface area contributed by atoms with Gasteiger partial charge in [-0.05, 0) is 57.4 Å². The number of methoxy groups -OCH3 is 1. The van der Waals surface area contributed by atoms with Crippen LogP contribution >= 0.6 is 0 Å². The lowest BCUT2D eigenvalue weighted by Crippen LogP contribution is -2.34. The molecule has 0 spiro atoms. The zero-order valence-corrected chi connectivity index (χ0v) is 13.1. The van der Waals surface area contributed by atoms with Crippen molar-refractivity contribution in [3.05, 3.63) is 23.7 Å². The van der Waals surface area contributed by atoms with E-state index in [0.29, 0.717) is 12.1 Å². The predicted molar refractivity (Wildman–Crippen MR) is 81.2 cm³/mol. The van der Waals surface area contributed by atoms with Gasteiger partial charge in [0.1, 0.15) is 12.0 Å². The number of rotatable bonds is 7. The van der Waals surface area contributed by atoms with Gasteiger partial charge in [-0.1, -0.05) is 6.92 Å². The van der Waals surface area contributed by atoms with Crippen molar-refractivity contribution in [3.63, 3.8) is 0 Å². The molecule has 118 valence electrons. The fourth-order valence-electron chi connectivity index (χ4n) is 2.62. The molecule has 1 aromatic rings. The van der Waals surface area contributed by atoms with Gasteiger partial charge in [0.15, 0.2) is 0 Å². The number of esters is 1. The van der Waals surface area contributed by atoms with Gasteiger partial charge in [-0.2, -0.15) is 0 Å². The molecule has 21 heavy (non-hydrogen) atoms. The Labute approximate surface area is 126 Å². The van der Waals surface area contributed by atoms with Gasteiger partial charge in [0.2, 0.25) is 0 Å². The fourth-order valence-corrected chi connectivity index (χ4v) is 2.62. The smallest absolute Gasteiger partial charge is 0.341 e. The van der Waals surface area contributed by atoms with Crippen molar-refractivity contribution in [3.8, 4) is 0 Å². The van der Waals surface area contributed by atoms with Crippen molar-refractivity contribution in [1.29, 1.82) is 0 Å². The Morgan fingerprint density at radius 2 is 2.24 bits per heavy atom. The van der Waals surface area contributed by atoms with Gasteiger partial charge in [-0.15, -0.1) is 0 Å². The second-order valence-corrected chi connectivity index (χ2v) is 5.85. The first-order valence-corrected chi connectivity index (χ1v) is 7.78. The molecule has 0 aliphatic carbocycles. The minimum Gasteiger partial charge on any atom is -0.467 e. The summed E-state index contributed by atoms with van der Waals surface area (Å²) in [4.78, 5) is 13.8. The zero-order valence-electron chi connectivity index (χ0n) is 13.1. The van der Waals surface area contributed by atoms with E-state index in [1.807, 2.05) is 0 Å². The number of likely N-dealkylation sites (tertiary alicyclic amines) is 1. The van der Waals surface area contributed by atoms with Crippen LogP contribution in [-0.4, -0.2) is 44.2 Å². The Bertz CT molecular complexity index is 436. The molecule has 2 heterocycles. The van der Waals surface area contributed by atoms with E-state index < -0.39 is 0 Å². The Morgan fingerprint density at radius 3 is 2.95 bits per heavy atom. The van der Waals surface area contributed by atoms with Crippen LogP contribution in [0.5, 0.6) is 0 Å². The molecule has 0 unspecified atom stereocenters. The van der Waals surface area contributed by atoms with Gasteiger partial charge in [-0.25, -0.2) is 4.79 Å². The largest absolute Gasteiger partial charge is 0.467 e. The molecule has 0 saturated carbocycles. The number of carbonyl (C=O) groups excluding carboxylic acids is 1. The summed E-state index contributed by atoms with van der Waals surface area (Å²) in [5, 5.41) is 3.35. The number of carbonyl (C=O) groups is 1. The first-order valence-electron chi connectivity index (χ1n) is 7.78. The van der Waals surface area contributed by atoms with Crippen LogP contribution in [0.1, 0.15) is 42.3 Å². The van der Waals surface area contributed by atoms with Crippen molar-refractivity contribution < 1.29 is 13.9 Å². The average Bonchev–Trinajstić information content (AvgIpc) is 2.97. The number of piperidine rings is 1. The van der Waals surface area contributed by atoms with E-state index in [4.69, 9.17) is 4.42 Å². The van der Waals surface area contributed by atoms with E-state index in [0.717, 1.165) is 31.2 Å². The summed E-state index contributed by atoms with van der Waals surface area (Å²) in [6, 6.07) is 1.73.